The maximum Gasteiger partial charge on any atom is 0.230 e. The normalized spacial score (nSPS) is 25.6. The highest BCUT2D eigenvalue weighted by Crippen LogP contribution is 2.47. The highest BCUT2D eigenvalue weighted by atomic mass is 16.2. The average molecular weight is 223 g/mol. The van der Waals surface area contributed by atoms with Crippen LogP contribution in [0.5, 0.6) is 0 Å². The van der Waals surface area contributed by atoms with Crippen molar-refractivity contribution in [2.45, 2.75) is 64.8 Å². The van der Waals surface area contributed by atoms with Crippen molar-refractivity contribution in [1.29, 1.82) is 0 Å². The molecule has 90 valence electrons. The fourth-order valence-electron chi connectivity index (χ4n) is 3.23. The summed E-state index contributed by atoms with van der Waals surface area (Å²) in [5.41, 5.74) is -0.343. The van der Waals surface area contributed by atoms with Gasteiger partial charge in [-0.1, -0.05) is 12.8 Å². The van der Waals surface area contributed by atoms with E-state index in [0.29, 0.717) is 12.8 Å². The van der Waals surface area contributed by atoms with Gasteiger partial charge in [0.15, 0.2) is 0 Å². The Hall–Kier alpha value is -0.860. The van der Waals surface area contributed by atoms with E-state index in [1.165, 1.54) is 17.7 Å². The van der Waals surface area contributed by atoms with Gasteiger partial charge in [0.2, 0.25) is 11.8 Å². The maximum absolute atomic E-state index is 12.1. The Morgan fingerprint density at radius 1 is 1.00 bits per heavy atom. The van der Waals surface area contributed by atoms with Crippen LogP contribution in [0.3, 0.4) is 0 Å². The molecule has 0 bridgehead atoms. The Bertz CT molecular complexity index is 301. The number of piperidine rings is 1. The molecule has 0 radical (unpaired) electrons. The molecule has 1 spiro atoms. The summed E-state index contributed by atoms with van der Waals surface area (Å²) in [6.45, 7) is 5.78. The first-order valence-electron chi connectivity index (χ1n) is 6.20. The second-order valence-corrected chi connectivity index (χ2v) is 6.35. The number of carbonyl (C=O) groups is 2. The van der Waals surface area contributed by atoms with Gasteiger partial charge in [-0.25, -0.2) is 0 Å². The van der Waals surface area contributed by atoms with E-state index >= 15 is 0 Å². The Morgan fingerprint density at radius 2 is 1.44 bits per heavy atom. The minimum Gasteiger partial charge on any atom is -0.277 e. The van der Waals surface area contributed by atoms with Crippen molar-refractivity contribution >= 4 is 11.8 Å². The zero-order valence-corrected chi connectivity index (χ0v) is 10.5. The standard InChI is InChI=1S/C13H21NO2/c1-12(2,3)14-10(15)8-13(9-11(14)16)6-4-5-7-13/h4-9H2,1-3H3. The van der Waals surface area contributed by atoms with Gasteiger partial charge in [0.05, 0.1) is 0 Å². The topological polar surface area (TPSA) is 37.4 Å². The summed E-state index contributed by atoms with van der Waals surface area (Å²) in [6.07, 6.45) is 5.63. The first-order valence-corrected chi connectivity index (χ1v) is 6.20. The quantitative estimate of drug-likeness (QED) is 0.592. The van der Waals surface area contributed by atoms with Gasteiger partial charge in [0, 0.05) is 18.4 Å². The van der Waals surface area contributed by atoms with Crippen LogP contribution in [0, 0.1) is 5.41 Å². The number of imide groups is 1. The van der Waals surface area contributed by atoms with E-state index in [0.717, 1.165) is 12.8 Å². The molecule has 16 heavy (non-hydrogen) atoms. The van der Waals surface area contributed by atoms with Gasteiger partial charge in [-0.3, -0.25) is 14.5 Å². The molecule has 2 amide bonds. The Labute approximate surface area is 97.2 Å². The van der Waals surface area contributed by atoms with Crippen molar-refractivity contribution in [3.8, 4) is 0 Å². The fraction of sp³-hybridized carbons (Fsp3) is 0.846. The second kappa shape index (κ2) is 3.57. The minimum absolute atomic E-state index is 0.0237. The molecule has 1 heterocycles. The van der Waals surface area contributed by atoms with E-state index in [1.807, 2.05) is 20.8 Å². The molecule has 0 aromatic rings. The molecule has 0 atom stereocenters. The van der Waals surface area contributed by atoms with Gasteiger partial charge in [-0.05, 0) is 39.0 Å². The first kappa shape index (κ1) is 11.6. The molecular weight excluding hydrogens is 202 g/mol. The molecule has 1 aliphatic heterocycles. The van der Waals surface area contributed by atoms with E-state index in [1.54, 1.807) is 0 Å². The molecule has 2 rings (SSSR count). The monoisotopic (exact) mass is 223 g/mol. The van der Waals surface area contributed by atoms with Crippen molar-refractivity contribution in [2.24, 2.45) is 5.41 Å². The Balaban J connectivity index is 2.20. The van der Waals surface area contributed by atoms with Gasteiger partial charge in [0.25, 0.3) is 0 Å². The third-order valence-electron chi connectivity index (χ3n) is 3.89. The van der Waals surface area contributed by atoms with Crippen molar-refractivity contribution in [3.05, 3.63) is 0 Å². The lowest BCUT2D eigenvalue weighted by atomic mass is 9.75. The summed E-state index contributed by atoms with van der Waals surface area (Å²) in [6, 6.07) is 0. The maximum atomic E-state index is 12.1. The largest absolute Gasteiger partial charge is 0.277 e. The van der Waals surface area contributed by atoms with E-state index in [9.17, 15) is 9.59 Å². The third-order valence-corrected chi connectivity index (χ3v) is 3.89. The van der Waals surface area contributed by atoms with Crippen LogP contribution in [-0.2, 0) is 9.59 Å². The summed E-state index contributed by atoms with van der Waals surface area (Å²) in [5, 5.41) is 0. The molecule has 1 saturated heterocycles. The molecule has 0 N–H and O–H groups in total. The molecule has 3 heteroatoms. The van der Waals surface area contributed by atoms with Crippen molar-refractivity contribution in [2.75, 3.05) is 0 Å². The SMILES string of the molecule is CC(C)(C)N1C(=O)CC2(CCCC2)CC1=O. The van der Waals surface area contributed by atoms with Crippen LogP contribution < -0.4 is 0 Å². The highest BCUT2D eigenvalue weighted by Gasteiger charge is 2.47. The summed E-state index contributed by atoms with van der Waals surface area (Å²) >= 11 is 0. The van der Waals surface area contributed by atoms with E-state index in [4.69, 9.17) is 0 Å². The highest BCUT2D eigenvalue weighted by molar-refractivity contribution is 5.99. The van der Waals surface area contributed by atoms with Crippen LogP contribution in [0.2, 0.25) is 0 Å². The van der Waals surface area contributed by atoms with Crippen LogP contribution in [0.15, 0.2) is 0 Å². The molecule has 2 aliphatic rings. The van der Waals surface area contributed by atoms with Gasteiger partial charge in [-0.2, -0.15) is 0 Å². The fourth-order valence-corrected chi connectivity index (χ4v) is 3.23. The lowest BCUT2D eigenvalue weighted by molar-refractivity contribution is -0.159. The van der Waals surface area contributed by atoms with Gasteiger partial charge >= 0.3 is 0 Å². The number of rotatable bonds is 0. The lowest BCUT2D eigenvalue weighted by Gasteiger charge is -2.43. The van der Waals surface area contributed by atoms with E-state index in [-0.39, 0.29) is 22.8 Å². The molecule has 0 aromatic carbocycles. The van der Waals surface area contributed by atoms with Crippen molar-refractivity contribution in [3.63, 3.8) is 0 Å². The molecule has 0 aromatic heterocycles. The number of carbonyl (C=O) groups excluding carboxylic acids is 2. The number of likely N-dealkylation sites (tertiary alicyclic amines) is 1. The summed E-state index contributed by atoms with van der Waals surface area (Å²) < 4.78 is 0. The Kier molecular flexibility index (Phi) is 2.59. The number of hydrogen-bond acceptors (Lipinski definition) is 2. The predicted octanol–water partition coefficient (Wildman–Crippen LogP) is 2.49. The number of amides is 2. The molecule has 1 saturated carbocycles. The number of hydrogen-bond donors (Lipinski definition) is 0. The molecule has 2 fully saturated rings. The molecular formula is C13H21NO2. The summed E-state index contributed by atoms with van der Waals surface area (Å²) in [4.78, 5) is 25.7. The van der Waals surface area contributed by atoms with Crippen LogP contribution in [-0.4, -0.2) is 22.3 Å². The summed E-state index contributed by atoms with van der Waals surface area (Å²) in [5.74, 6) is 0.0660. The first-order chi connectivity index (χ1) is 7.34. The smallest absolute Gasteiger partial charge is 0.230 e. The predicted molar refractivity (Wildman–Crippen MR) is 61.7 cm³/mol. The van der Waals surface area contributed by atoms with Crippen LogP contribution >= 0.6 is 0 Å². The zero-order chi connectivity index (χ0) is 12.0. The minimum atomic E-state index is -0.367. The Morgan fingerprint density at radius 3 is 1.81 bits per heavy atom. The van der Waals surface area contributed by atoms with Gasteiger partial charge in [0.1, 0.15) is 0 Å². The average Bonchev–Trinajstić information content (AvgIpc) is 2.48. The molecule has 3 nitrogen and oxygen atoms in total. The number of nitrogens with zero attached hydrogens (tertiary/aromatic N) is 1. The van der Waals surface area contributed by atoms with Crippen LogP contribution in [0.1, 0.15) is 59.3 Å². The van der Waals surface area contributed by atoms with Crippen LogP contribution in [0.25, 0.3) is 0 Å². The van der Waals surface area contributed by atoms with Crippen molar-refractivity contribution < 1.29 is 9.59 Å². The van der Waals surface area contributed by atoms with Gasteiger partial charge < -0.3 is 0 Å². The third kappa shape index (κ3) is 1.87. The van der Waals surface area contributed by atoms with Crippen LogP contribution in [0.4, 0.5) is 0 Å². The van der Waals surface area contributed by atoms with Crippen molar-refractivity contribution in [1.82, 2.24) is 4.90 Å². The summed E-state index contributed by atoms with van der Waals surface area (Å²) in [7, 11) is 0. The molecule has 0 unspecified atom stereocenters. The van der Waals surface area contributed by atoms with E-state index < -0.39 is 0 Å². The van der Waals surface area contributed by atoms with E-state index in [2.05, 4.69) is 0 Å². The lowest BCUT2D eigenvalue weighted by Crippen LogP contribution is -2.55. The van der Waals surface area contributed by atoms with Gasteiger partial charge in [-0.15, -0.1) is 0 Å². The zero-order valence-electron chi connectivity index (χ0n) is 10.5. The second-order valence-electron chi connectivity index (χ2n) is 6.35. The molecule has 1 aliphatic carbocycles.